The van der Waals surface area contributed by atoms with E-state index < -0.39 is 0 Å². The summed E-state index contributed by atoms with van der Waals surface area (Å²) < 4.78 is 0. The van der Waals surface area contributed by atoms with Gasteiger partial charge in [0.1, 0.15) is 0 Å². The molecule has 4 nitrogen and oxygen atoms in total. The zero-order chi connectivity index (χ0) is 13.5. The standard InChI is InChI=1S/C15H32N4/c1-17(2)9-7-16-8-10-18-11-13-19(14-12-18)15-5-3-4-6-15/h15-16H,3-14H2,1-2H3. The van der Waals surface area contributed by atoms with Crippen LogP contribution in [0.4, 0.5) is 0 Å². The average molecular weight is 268 g/mol. The van der Waals surface area contributed by atoms with Gasteiger partial charge in [-0.05, 0) is 26.9 Å². The van der Waals surface area contributed by atoms with Crippen LogP contribution in [0.15, 0.2) is 0 Å². The number of hydrogen-bond donors (Lipinski definition) is 1. The molecule has 0 spiro atoms. The summed E-state index contributed by atoms with van der Waals surface area (Å²) in [5, 5.41) is 3.53. The minimum atomic E-state index is 0.917. The molecule has 2 aliphatic rings. The predicted octanol–water partition coefficient (Wildman–Crippen LogP) is 0.698. The van der Waals surface area contributed by atoms with Crippen LogP contribution in [0.2, 0.25) is 0 Å². The van der Waals surface area contributed by atoms with Gasteiger partial charge < -0.3 is 10.2 Å². The number of nitrogens with zero attached hydrogens (tertiary/aromatic N) is 3. The average Bonchev–Trinajstić information content (AvgIpc) is 2.93. The van der Waals surface area contributed by atoms with Crippen molar-refractivity contribution in [2.24, 2.45) is 0 Å². The minimum absolute atomic E-state index is 0.917. The predicted molar refractivity (Wildman–Crippen MR) is 81.7 cm³/mol. The van der Waals surface area contributed by atoms with Gasteiger partial charge in [0.25, 0.3) is 0 Å². The lowest BCUT2D eigenvalue weighted by Gasteiger charge is -2.38. The van der Waals surface area contributed by atoms with Gasteiger partial charge in [-0.1, -0.05) is 12.8 Å². The van der Waals surface area contributed by atoms with E-state index >= 15 is 0 Å². The third-order valence-electron chi connectivity index (χ3n) is 4.59. The fourth-order valence-corrected chi connectivity index (χ4v) is 3.29. The Balaban J connectivity index is 1.51. The van der Waals surface area contributed by atoms with Gasteiger partial charge in [0.2, 0.25) is 0 Å². The molecule has 112 valence electrons. The molecule has 1 aliphatic heterocycles. The van der Waals surface area contributed by atoms with Crippen molar-refractivity contribution < 1.29 is 0 Å². The molecule has 1 saturated heterocycles. The summed E-state index contributed by atoms with van der Waals surface area (Å²) in [5.74, 6) is 0. The Morgan fingerprint density at radius 2 is 1.68 bits per heavy atom. The molecule has 1 N–H and O–H groups in total. The number of likely N-dealkylation sites (N-methyl/N-ethyl adjacent to an activating group) is 1. The minimum Gasteiger partial charge on any atom is -0.314 e. The van der Waals surface area contributed by atoms with Gasteiger partial charge in [0.15, 0.2) is 0 Å². The Bertz CT molecular complexity index is 230. The molecule has 0 radical (unpaired) electrons. The lowest BCUT2D eigenvalue weighted by atomic mass is 10.2. The zero-order valence-corrected chi connectivity index (χ0v) is 12.9. The first-order valence-corrected chi connectivity index (χ1v) is 8.07. The van der Waals surface area contributed by atoms with E-state index in [1.165, 1.54) is 58.4 Å². The van der Waals surface area contributed by atoms with Crippen LogP contribution < -0.4 is 5.32 Å². The molecule has 2 rings (SSSR count). The van der Waals surface area contributed by atoms with Crippen LogP contribution in [0.1, 0.15) is 25.7 Å². The van der Waals surface area contributed by atoms with Crippen molar-refractivity contribution >= 4 is 0 Å². The third-order valence-corrected chi connectivity index (χ3v) is 4.59. The lowest BCUT2D eigenvalue weighted by Crippen LogP contribution is -2.51. The van der Waals surface area contributed by atoms with Crippen molar-refractivity contribution in [2.45, 2.75) is 31.7 Å². The molecular formula is C15H32N4. The number of hydrogen-bond acceptors (Lipinski definition) is 4. The molecule has 2 fully saturated rings. The Hall–Kier alpha value is -0.160. The summed E-state index contributed by atoms with van der Waals surface area (Å²) in [6.45, 7) is 9.72. The van der Waals surface area contributed by atoms with E-state index in [4.69, 9.17) is 0 Å². The molecule has 0 amide bonds. The SMILES string of the molecule is CN(C)CCNCCN1CCN(C2CCCC2)CC1. The van der Waals surface area contributed by atoms with Crippen LogP contribution in [0, 0.1) is 0 Å². The molecule has 19 heavy (non-hydrogen) atoms. The van der Waals surface area contributed by atoms with Crippen LogP contribution in [0.5, 0.6) is 0 Å². The first kappa shape index (κ1) is 15.2. The van der Waals surface area contributed by atoms with Gasteiger partial charge in [0.05, 0.1) is 0 Å². The Labute approximate surface area is 119 Å². The van der Waals surface area contributed by atoms with Gasteiger partial charge >= 0.3 is 0 Å². The highest BCUT2D eigenvalue weighted by Gasteiger charge is 2.25. The molecule has 1 heterocycles. The summed E-state index contributed by atoms with van der Waals surface area (Å²) >= 11 is 0. The van der Waals surface area contributed by atoms with Gasteiger partial charge in [-0.15, -0.1) is 0 Å². The molecule has 0 aromatic heterocycles. The molecule has 1 aliphatic carbocycles. The maximum absolute atomic E-state index is 3.53. The molecule has 0 aromatic rings. The Morgan fingerprint density at radius 1 is 1.00 bits per heavy atom. The summed E-state index contributed by atoms with van der Waals surface area (Å²) in [6, 6.07) is 0.917. The van der Waals surface area contributed by atoms with Crippen molar-refractivity contribution in [3.05, 3.63) is 0 Å². The number of nitrogens with one attached hydrogen (secondary N) is 1. The van der Waals surface area contributed by atoms with Crippen molar-refractivity contribution in [3.8, 4) is 0 Å². The number of piperazine rings is 1. The van der Waals surface area contributed by atoms with Gasteiger partial charge in [-0.3, -0.25) is 9.80 Å². The third kappa shape index (κ3) is 5.38. The Morgan fingerprint density at radius 3 is 2.32 bits per heavy atom. The highest BCUT2D eigenvalue weighted by atomic mass is 15.3. The van der Waals surface area contributed by atoms with Crippen LogP contribution in [0.25, 0.3) is 0 Å². The maximum atomic E-state index is 3.53. The zero-order valence-electron chi connectivity index (χ0n) is 12.9. The Kier molecular flexibility index (Phi) is 6.57. The van der Waals surface area contributed by atoms with Gasteiger partial charge in [-0.2, -0.15) is 0 Å². The number of rotatable bonds is 7. The second-order valence-corrected chi connectivity index (χ2v) is 6.37. The van der Waals surface area contributed by atoms with E-state index in [1.54, 1.807) is 0 Å². The lowest BCUT2D eigenvalue weighted by molar-refractivity contribution is 0.0984. The van der Waals surface area contributed by atoms with Crippen molar-refractivity contribution in [2.75, 3.05) is 66.5 Å². The van der Waals surface area contributed by atoms with E-state index in [-0.39, 0.29) is 0 Å². The van der Waals surface area contributed by atoms with Crippen LogP contribution in [-0.2, 0) is 0 Å². The molecule has 1 saturated carbocycles. The summed E-state index contributed by atoms with van der Waals surface area (Å²) in [6.07, 6.45) is 5.82. The topological polar surface area (TPSA) is 21.8 Å². The molecular weight excluding hydrogens is 236 g/mol. The highest BCUT2D eigenvalue weighted by Crippen LogP contribution is 2.24. The van der Waals surface area contributed by atoms with E-state index in [9.17, 15) is 0 Å². The summed E-state index contributed by atoms with van der Waals surface area (Å²) in [5.41, 5.74) is 0. The largest absolute Gasteiger partial charge is 0.314 e. The molecule has 4 heteroatoms. The summed E-state index contributed by atoms with van der Waals surface area (Å²) in [4.78, 5) is 7.59. The first-order chi connectivity index (χ1) is 9.25. The van der Waals surface area contributed by atoms with Crippen molar-refractivity contribution in [1.29, 1.82) is 0 Å². The van der Waals surface area contributed by atoms with Crippen LogP contribution in [0.3, 0.4) is 0 Å². The van der Waals surface area contributed by atoms with E-state index in [2.05, 4.69) is 34.1 Å². The normalized spacial score (nSPS) is 23.5. The quantitative estimate of drug-likeness (QED) is 0.686. The maximum Gasteiger partial charge on any atom is 0.0113 e. The van der Waals surface area contributed by atoms with Crippen molar-refractivity contribution in [3.63, 3.8) is 0 Å². The van der Waals surface area contributed by atoms with Crippen LogP contribution in [-0.4, -0.2) is 87.2 Å². The second kappa shape index (κ2) is 8.20. The second-order valence-electron chi connectivity index (χ2n) is 6.37. The first-order valence-electron chi connectivity index (χ1n) is 8.07. The highest BCUT2D eigenvalue weighted by molar-refractivity contribution is 4.82. The van der Waals surface area contributed by atoms with Gasteiger partial charge in [0, 0.05) is 58.4 Å². The van der Waals surface area contributed by atoms with Gasteiger partial charge in [-0.25, -0.2) is 0 Å². The fourth-order valence-electron chi connectivity index (χ4n) is 3.29. The molecule has 0 unspecified atom stereocenters. The fraction of sp³-hybridized carbons (Fsp3) is 1.00. The van der Waals surface area contributed by atoms with E-state index in [1.807, 2.05) is 0 Å². The van der Waals surface area contributed by atoms with Crippen molar-refractivity contribution in [1.82, 2.24) is 20.0 Å². The van der Waals surface area contributed by atoms with E-state index in [0.717, 1.165) is 25.7 Å². The molecule has 0 bridgehead atoms. The van der Waals surface area contributed by atoms with E-state index in [0.29, 0.717) is 0 Å². The summed E-state index contributed by atoms with van der Waals surface area (Å²) in [7, 11) is 4.26. The molecule has 0 aromatic carbocycles. The monoisotopic (exact) mass is 268 g/mol. The smallest absolute Gasteiger partial charge is 0.0113 e. The molecule has 0 atom stereocenters. The van der Waals surface area contributed by atoms with Crippen LogP contribution >= 0.6 is 0 Å².